The Hall–Kier alpha value is -2.24. The van der Waals surface area contributed by atoms with Crippen molar-refractivity contribution >= 4 is 22.7 Å². The number of oxazole rings is 1. The lowest BCUT2D eigenvalue weighted by Crippen LogP contribution is -2.41. The topological polar surface area (TPSA) is 81.5 Å². The molecular weight excluding hydrogens is 282 g/mol. The third kappa shape index (κ3) is 2.61. The van der Waals surface area contributed by atoms with Gasteiger partial charge in [0.2, 0.25) is 5.91 Å². The van der Waals surface area contributed by atoms with Gasteiger partial charge in [-0.1, -0.05) is 25.3 Å². The first-order valence-electron chi connectivity index (χ1n) is 7.71. The quantitative estimate of drug-likeness (QED) is 0.879. The molecule has 0 saturated heterocycles. The van der Waals surface area contributed by atoms with Crippen molar-refractivity contribution in [1.82, 2.24) is 9.47 Å². The summed E-state index contributed by atoms with van der Waals surface area (Å²) in [6.07, 6.45) is 5.62. The van der Waals surface area contributed by atoms with E-state index in [4.69, 9.17) is 10.2 Å². The first-order valence-corrected chi connectivity index (χ1v) is 7.71. The van der Waals surface area contributed by atoms with Crippen LogP contribution in [0.1, 0.15) is 32.1 Å². The molecule has 1 amide bonds. The summed E-state index contributed by atoms with van der Waals surface area (Å²) in [5.74, 6) is -0.627. The highest BCUT2D eigenvalue weighted by molar-refractivity contribution is 5.87. The van der Waals surface area contributed by atoms with Crippen molar-refractivity contribution < 1.29 is 9.21 Å². The molecule has 1 heterocycles. The van der Waals surface area contributed by atoms with Crippen LogP contribution < -0.4 is 11.5 Å². The van der Waals surface area contributed by atoms with Gasteiger partial charge in [-0.15, -0.1) is 0 Å². The number of likely N-dealkylation sites (N-methyl/N-ethyl adjacent to an activating group) is 1. The van der Waals surface area contributed by atoms with Gasteiger partial charge in [-0.3, -0.25) is 9.36 Å². The number of para-hydroxylation sites is 1. The second-order valence-electron chi connectivity index (χ2n) is 5.94. The van der Waals surface area contributed by atoms with Crippen LogP contribution in [0.25, 0.3) is 11.1 Å². The molecule has 0 radical (unpaired) electrons. The van der Waals surface area contributed by atoms with Crippen LogP contribution in [0.5, 0.6) is 0 Å². The van der Waals surface area contributed by atoms with E-state index in [0.29, 0.717) is 16.8 Å². The second kappa shape index (κ2) is 5.87. The lowest BCUT2D eigenvalue weighted by atomic mass is 9.94. The number of aromatic nitrogens is 1. The molecule has 0 bridgehead atoms. The third-order valence-electron chi connectivity index (χ3n) is 4.53. The van der Waals surface area contributed by atoms with Crippen LogP contribution in [0.4, 0.5) is 5.69 Å². The second-order valence-corrected chi connectivity index (χ2v) is 5.94. The van der Waals surface area contributed by atoms with Crippen LogP contribution in [-0.2, 0) is 11.3 Å². The molecule has 1 aliphatic carbocycles. The maximum atomic E-state index is 12.5. The predicted octanol–water partition coefficient (Wildman–Crippen LogP) is 1.97. The van der Waals surface area contributed by atoms with E-state index < -0.39 is 5.76 Å². The number of carbonyl (C=O) groups is 1. The van der Waals surface area contributed by atoms with Crippen LogP contribution >= 0.6 is 0 Å². The Labute approximate surface area is 128 Å². The minimum absolute atomic E-state index is 0.0347. The van der Waals surface area contributed by atoms with Crippen LogP contribution in [0.2, 0.25) is 0 Å². The van der Waals surface area contributed by atoms with Gasteiger partial charge in [-0.2, -0.15) is 0 Å². The average molecular weight is 303 g/mol. The number of nitrogen functional groups attached to an aromatic ring is 1. The number of fused-ring (bicyclic) bond motifs is 1. The number of amides is 1. The van der Waals surface area contributed by atoms with Gasteiger partial charge in [-0.25, -0.2) is 4.79 Å². The summed E-state index contributed by atoms with van der Waals surface area (Å²) < 4.78 is 6.49. The summed E-state index contributed by atoms with van der Waals surface area (Å²) >= 11 is 0. The largest absolute Gasteiger partial charge is 0.420 e. The number of hydrogen-bond donors (Lipinski definition) is 1. The maximum Gasteiger partial charge on any atom is 0.420 e. The lowest BCUT2D eigenvalue weighted by molar-refractivity contribution is -0.133. The molecule has 1 aromatic heterocycles. The van der Waals surface area contributed by atoms with Crippen LogP contribution in [-0.4, -0.2) is 28.5 Å². The molecule has 3 rings (SSSR count). The number of anilines is 1. The van der Waals surface area contributed by atoms with Gasteiger partial charge in [0, 0.05) is 13.1 Å². The van der Waals surface area contributed by atoms with E-state index in [1.165, 1.54) is 11.0 Å². The van der Waals surface area contributed by atoms with Crippen molar-refractivity contribution in [3.8, 4) is 0 Å². The fourth-order valence-electron chi connectivity index (χ4n) is 3.21. The Bertz CT molecular complexity index is 741. The van der Waals surface area contributed by atoms with Gasteiger partial charge in [0.15, 0.2) is 5.58 Å². The van der Waals surface area contributed by atoms with Crippen molar-refractivity contribution in [2.75, 3.05) is 12.8 Å². The van der Waals surface area contributed by atoms with Crippen molar-refractivity contribution in [3.05, 3.63) is 28.7 Å². The standard InChI is InChI=1S/C16H21N3O3/c1-18(11-6-3-2-4-7-11)14(20)10-19-15-12(17)8-5-9-13(15)22-16(19)21/h5,8-9,11H,2-4,6-7,10,17H2,1H3. The molecule has 2 N–H and O–H groups in total. The SMILES string of the molecule is CN(C(=O)Cn1c(=O)oc2cccc(N)c21)C1CCCCC1. The molecule has 6 heteroatoms. The minimum Gasteiger partial charge on any atom is -0.408 e. The summed E-state index contributed by atoms with van der Waals surface area (Å²) in [7, 11) is 1.81. The molecule has 0 aliphatic heterocycles. The summed E-state index contributed by atoms with van der Waals surface area (Å²) in [6, 6.07) is 5.37. The van der Waals surface area contributed by atoms with E-state index in [1.54, 1.807) is 23.1 Å². The van der Waals surface area contributed by atoms with E-state index >= 15 is 0 Å². The smallest absolute Gasteiger partial charge is 0.408 e. The summed E-state index contributed by atoms with van der Waals surface area (Å²) in [6.45, 7) is -0.0347. The molecule has 0 atom stereocenters. The lowest BCUT2D eigenvalue weighted by Gasteiger charge is -2.31. The Morgan fingerprint density at radius 1 is 1.36 bits per heavy atom. The number of nitrogens with zero attached hydrogens (tertiary/aromatic N) is 2. The average Bonchev–Trinajstić information content (AvgIpc) is 2.84. The van der Waals surface area contributed by atoms with E-state index in [-0.39, 0.29) is 18.5 Å². The Morgan fingerprint density at radius 2 is 2.09 bits per heavy atom. The van der Waals surface area contributed by atoms with E-state index in [9.17, 15) is 9.59 Å². The number of rotatable bonds is 3. The van der Waals surface area contributed by atoms with E-state index in [0.717, 1.165) is 25.7 Å². The first-order chi connectivity index (χ1) is 10.6. The van der Waals surface area contributed by atoms with Crippen LogP contribution in [0.15, 0.2) is 27.4 Å². The van der Waals surface area contributed by atoms with Gasteiger partial charge >= 0.3 is 5.76 Å². The van der Waals surface area contributed by atoms with Crippen LogP contribution in [0.3, 0.4) is 0 Å². The summed E-state index contributed by atoms with van der Waals surface area (Å²) in [5.41, 5.74) is 7.27. The van der Waals surface area contributed by atoms with Gasteiger partial charge in [0.25, 0.3) is 0 Å². The van der Waals surface area contributed by atoms with Crippen LogP contribution in [0, 0.1) is 0 Å². The van der Waals surface area contributed by atoms with Gasteiger partial charge in [0.05, 0.1) is 5.69 Å². The molecule has 1 aliphatic rings. The molecule has 6 nitrogen and oxygen atoms in total. The molecule has 0 spiro atoms. The molecule has 1 saturated carbocycles. The molecule has 0 unspecified atom stereocenters. The molecule has 1 aromatic carbocycles. The molecule has 1 fully saturated rings. The first kappa shape index (κ1) is 14.7. The molecule has 118 valence electrons. The summed E-state index contributed by atoms with van der Waals surface area (Å²) in [5, 5.41) is 0. The highest BCUT2D eigenvalue weighted by Gasteiger charge is 2.23. The molecule has 2 aromatic rings. The fraction of sp³-hybridized carbons (Fsp3) is 0.500. The Balaban J connectivity index is 1.85. The zero-order valence-electron chi connectivity index (χ0n) is 12.7. The van der Waals surface area contributed by atoms with Gasteiger partial charge in [-0.05, 0) is 25.0 Å². The number of benzene rings is 1. The van der Waals surface area contributed by atoms with Crippen molar-refractivity contribution in [1.29, 1.82) is 0 Å². The van der Waals surface area contributed by atoms with E-state index in [1.807, 2.05) is 7.05 Å². The zero-order valence-corrected chi connectivity index (χ0v) is 12.7. The third-order valence-corrected chi connectivity index (χ3v) is 4.53. The maximum absolute atomic E-state index is 12.5. The van der Waals surface area contributed by atoms with Crippen molar-refractivity contribution in [3.63, 3.8) is 0 Å². The van der Waals surface area contributed by atoms with Gasteiger partial charge in [0.1, 0.15) is 12.1 Å². The van der Waals surface area contributed by atoms with Gasteiger partial charge < -0.3 is 15.1 Å². The zero-order chi connectivity index (χ0) is 15.7. The molecule has 22 heavy (non-hydrogen) atoms. The highest BCUT2D eigenvalue weighted by atomic mass is 16.4. The van der Waals surface area contributed by atoms with Crippen molar-refractivity contribution in [2.24, 2.45) is 0 Å². The normalized spacial score (nSPS) is 16.0. The van der Waals surface area contributed by atoms with Crippen molar-refractivity contribution in [2.45, 2.75) is 44.7 Å². The number of nitrogens with two attached hydrogens (primary N) is 1. The monoisotopic (exact) mass is 303 g/mol. The highest BCUT2D eigenvalue weighted by Crippen LogP contribution is 2.23. The Morgan fingerprint density at radius 3 is 2.82 bits per heavy atom. The number of hydrogen-bond acceptors (Lipinski definition) is 4. The number of carbonyl (C=O) groups excluding carboxylic acids is 1. The Kier molecular flexibility index (Phi) is 3.92. The van der Waals surface area contributed by atoms with E-state index in [2.05, 4.69) is 0 Å². The molecular formula is C16H21N3O3. The predicted molar refractivity (Wildman–Crippen MR) is 84.5 cm³/mol. The fourth-order valence-corrected chi connectivity index (χ4v) is 3.21. The summed E-state index contributed by atoms with van der Waals surface area (Å²) in [4.78, 5) is 26.3. The minimum atomic E-state index is -0.543.